The number of hydrogen-bond donors (Lipinski definition) is 0. The maximum absolute atomic E-state index is 11.2. The van der Waals surface area contributed by atoms with E-state index in [1.807, 2.05) is 0 Å². The molecule has 0 aromatic rings. The number of rotatable bonds is 0. The molecule has 5 heteroatoms. The lowest BCUT2D eigenvalue weighted by atomic mass is 9.99. The van der Waals surface area contributed by atoms with Gasteiger partial charge < -0.3 is 4.74 Å². The molecule has 0 spiro atoms. The van der Waals surface area contributed by atoms with Gasteiger partial charge in [-0.25, -0.2) is 0 Å². The van der Waals surface area contributed by atoms with Crippen LogP contribution in [0.1, 0.15) is 20.3 Å². The molecule has 0 aromatic carbocycles. The number of halogens is 3. The molecular weight excluding hydrogens is 234 g/mol. The van der Waals surface area contributed by atoms with Crippen molar-refractivity contribution in [1.82, 2.24) is 0 Å². The summed E-state index contributed by atoms with van der Waals surface area (Å²) in [6.45, 7) is 3.54. The first-order chi connectivity index (χ1) is 5.71. The highest BCUT2D eigenvalue weighted by Gasteiger charge is 2.37. The Bertz CT molecular complexity index is 263. The van der Waals surface area contributed by atoms with Crippen molar-refractivity contribution in [1.29, 1.82) is 0 Å². The van der Waals surface area contributed by atoms with Crippen LogP contribution in [0.4, 0.5) is 0 Å². The topological polar surface area (TPSA) is 26.3 Å². The van der Waals surface area contributed by atoms with Crippen LogP contribution in [0.5, 0.6) is 0 Å². The third-order valence-electron chi connectivity index (χ3n) is 1.56. The summed E-state index contributed by atoms with van der Waals surface area (Å²) in [6.07, 6.45) is 1.54. The standard InChI is InChI=1S/C8H9Cl3O2/c1-7(2)4-5(12)3-6(13-7)8(9,10)11/h3H,4H2,1-2H3. The van der Waals surface area contributed by atoms with Gasteiger partial charge in [0, 0.05) is 12.5 Å². The van der Waals surface area contributed by atoms with Gasteiger partial charge in [-0.3, -0.25) is 4.79 Å². The maximum Gasteiger partial charge on any atom is 0.247 e. The SMILES string of the molecule is CC1(C)CC(=O)C=C(C(Cl)(Cl)Cl)O1. The van der Waals surface area contributed by atoms with Gasteiger partial charge >= 0.3 is 0 Å². The molecule has 0 fully saturated rings. The summed E-state index contributed by atoms with van der Waals surface area (Å²) in [5, 5.41) is 0. The number of carbonyl (C=O) groups is 1. The molecular formula is C8H9Cl3O2. The van der Waals surface area contributed by atoms with Gasteiger partial charge in [0.2, 0.25) is 3.79 Å². The molecule has 1 rings (SSSR count). The molecule has 1 aliphatic heterocycles. The summed E-state index contributed by atoms with van der Waals surface area (Å²) in [5.41, 5.74) is -0.592. The predicted octanol–water partition coefficient (Wildman–Crippen LogP) is 3.01. The Balaban J connectivity index is 2.94. The second-order valence-corrected chi connectivity index (χ2v) is 5.79. The molecule has 0 radical (unpaired) electrons. The van der Waals surface area contributed by atoms with Crippen LogP contribution in [0.25, 0.3) is 0 Å². The molecule has 0 unspecified atom stereocenters. The fourth-order valence-corrected chi connectivity index (χ4v) is 1.40. The lowest BCUT2D eigenvalue weighted by Crippen LogP contribution is -2.34. The third-order valence-corrected chi connectivity index (χ3v) is 2.12. The van der Waals surface area contributed by atoms with Crippen LogP contribution in [0.3, 0.4) is 0 Å². The van der Waals surface area contributed by atoms with Crippen LogP contribution < -0.4 is 0 Å². The van der Waals surface area contributed by atoms with Gasteiger partial charge in [-0.05, 0) is 13.8 Å². The fraction of sp³-hybridized carbons (Fsp3) is 0.625. The lowest BCUT2D eigenvalue weighted by molar-refractivity contribution is -0.121. The number of ketones is 1. The van der Waals surface area contributed by atoms with Crippen molar-refractivity contribution < 1.29 is 9.53 Å². The summed E-state index contributed by atoms with van der Waals surface area (Å²) in [5.74, 6) is 0.0105. The zero-order valence-electron chi connectivity index (χ0n) is 7.23. The Morgan fingerprint density at radius 1 is 1.46 bits per heavy atom. The monoisotopic (exact) mass is 242 g/mol. The Labute approximate surface area is 91.8 Å². The fourth-order valence-electron chi connectivity index (χ4n) is 1.12. The Hall–Kier alpha value is 0.0800. The molecule has 0 bridgehead atoms. The lowest BCUT2D eigenvalue weighted by Gasteiger charge is -2.32. The summed E-state index contributed by atoms with van der Waals surface area (Å²) in [6, 6.07) is 0. The molecule has 0 saturated carbocycles. The van der Waals surface area contributed by atoms with Gasteiger partial charge in [0.15, 0.2) is 11.5 Å². The molecule has 0 saturated heterocycles. The van der Waals surface area contributed by atoms with Crippen LogP contribution in [0.2, 0.25) is 0 Å². The van der Waals surface area contributed by atoms with E-state index in [9.17, 15) is 4.79 Å². The number of ether oxygens (including phenoxy) is 1. The molecule has 1 heterocycles. The van der Waals surface area contributed by atoms with Crippen LogP contribution in [-0.2, 0) is 9.53 Å². The summed E-state index contributed by atoms with van der Waals surface area (Å²) in [4.78, 5) is 11.2. The van der Waals surface area contributed by atoms with E-state index < -0.39 is 9.39 Å². The first kappa shape index (κ1) is 11.2. The Morgan fingerprint density at radius 3 is 2.38 bits per heavy atom. The maximum atomic E-state index is 11.2. The zero-order valence-corrected chi connectivity index (χ0v) is 9.50. The van der Waals surface area contributed by atoms with Crippen molar-refractivity contribution in [3.05, 3.63) is 11.8 Å². The minimum Gasteiger partial charge on any atom is -0.487 e. The number of hydrogen-bond acceptors (Lipinski definition) is 2. The average molecular weight is 244 g/mol. The minimum atomic E-state index is -1.66. The first-order valence-electron chi connectivity index (χ1n) is 3.71. The molecule has 0 amide bonds. The van der Waals surface area contributed by atoms with E-state index in [4.69, 9.17) is 39.5 Å². The largest absolute Gasteiger partial charge is 0.487 e. The van der Waals surface area contributed by atoms with Crippen molar-refractivity contribution in [2.75, 3.05) is 0 Å². The number of alkyl halides is 3. The van der Waals surface area contributed by atoms with Crippen LogP contribution in [0.15, 0.2) is 11.8 Å². The smallest absolute Gasteiger partial charge is 0.247 e. The molecule has 74 valence electrons. The molecule has 1 aliphatic rings. The van der Waals surface area contributed by atoms with Crippen molar-refractivity contribution >= 4 is 40.6 Å². The van der Waals surface area contributed by atoms with E-state index in [0.29, 0.717) is 6.42 Å². The van der Waals surface area contributed by atoms with Gasteiger partial charge in [-0.2, -0.15) is 0 Å². The van der Waals surface area contributed by atoms with E-state index in [2.05, 4.69) is 0 Å². The van der Waals surface area contributed by atoms with Gasteiger partial charge in [0.05, 0.1) is 0 Å². The van der Waals surface area contributed by atoms with E-state index in [-0.39, 0.29) is 11.5 Å². The minimum absolute atomic E-state index is 0.0856. The van der Waals surface area contributed by atoms with Crippen molar-refractivity contribution in [3.8, 4) is 0 Å². The van der Waals surface area contributed by atoms with E-state index in [1.54, 1.807) is 13.8 Å². The highest BCUT2D eigenvalue weighted by Crippen LogP contribution is 2.40. The number of allylic oxidation sites excluding steroid dienone is 2. The van der Waals surface area contributed by atoms with Gasteiger partial charge in [0.25, 0.3) is 0 Å². The summed E-state index contributed by atoms with van der Waals surface area (Å²) in [7, 11) is 0. The molecule has 2 nitrogen and oxygen atoms in total. The van der Waals surface area contributed by atoms with E-state index >= 15 is 0 Å². The van der Waals surface area contributed by atoms with E-state index in [1.165, 1.54) is 6.08 Å². The van der Waals surface area contributed by atoms with Crippen molar-refractivity contribution in [2.24, 2.45) is 0 Å². The van der Waals surface area contributed by atoms with Crippen LogP contribution in [0, 0.1) is 0 Å². The second-order valence-electron chi connectivity index (χ2n) is 3.51. The zero-order chi connectivity index (χ0) is 10.3. The molecule has 0 aromatic heterocycles. The second kappa shape index (κ2) is 3.34. The van der Waals surface area contributed by atoms with Gasteiger partial charge in [-0.1, -0.05) is 34.8 Å². The van der Waals surface area contributed by atoms with Crippen molar-refractivity contribution in [2.45, 2.75) is 29.7 Å². The number of carbonyl (C=O) groups excluding carboxylic acids is 1. The van der Waals surface area contributed by atoms with Gasteiger partial charge in [-0.15, -0.1) is 0 Å². The van der Waals surface area contributed by atoms with Crippen molar-refractivity contribution in [3.63, 3.8) is 0 Å². The van der Waals surface area contributed by atoms with Crippen LogP contribution in [-0.4, -0.2) is 15.2 Å². The summed E-state index contributed by atoms with van der Waals surface area (Å²) < 4.78 is 3.69. The van der Waals surface area contributed by atoms with E-state index in [0.717, 1.165) is 0 Å². The normalized spacial score (nSPS) is 22.2. The molecule has 0 atom stereocenters. The predicted molar refractivity (Wildman–Crippen MR) is 53.2 cm³/mol. The van der Waals surface area contributed by atoms with Gasteiger partial charge in [0.1, 0.15) is 5.60 Å². The molecule has 0 aliphatic carbocycles. The Kier molecular flexibility index (Phi) is 2.86. The quantitative estimate of drug-likeness (QED) is 0.611. The highest BCUT2D eigenvalue weighted by atomic mass is 35.6. The summed E-state index contributed by atoms with van der Waals surface area (Å²) >= 11 is 16.8. The molecule has 0 N–H and O–H groups in total. The average Bonchev–Trinajstić information content (AvgIpc) is 1.79. The third kappa shape index (κ3) is 3.04. The van der Waals surface area contributed by atoms with Crippen LogP contribution >= 0.6 is 34.8 Å². The molecule has 13 heavy (non-hydrogen) atoms. The first-order valence-corrected chi connectivity index (χ1v) is 4.85. The highest BCUT2D eigenvalue weighted by molar-refractivity contribution is 6.69. The Morgan fingerprint density at radius 2 is 2.00 bits per heavy atom.